The second-order valence-electron chi connectivity index (χ2n) is 3.31. The van der Waals surface area contributed by atoms with Gasteiger partial charge in [-0.15, -0.1) is 0 Å². The van der Waals surface area contributed by atoms with Crippen molar-refractivity contribution in [1.82, 2.24) is 0 Å². The van der Waals surface area contributed by atoms with Gasteiger partial charge < -0.3 is 19.9 Å². The van der Waals surface area contributed by atoms with Crippen molar-refractivity contribution in [3.8, 4) is 17.2 Å². The number of hydrogen-bond donors (Lipinski definition) is 1. The highest BCUT2D eigenvalue weighted by atomic mass is 16.6. The van der Waals surface area contributed by atoms with Crippen molar-refractivity contribution < 1.29 is 14.2 Å². The lowest BCUT2D eigenvalue weighted by Crippen LogP contribution is -2.18. The Hall–Kier alpha value is -1.42. The summed E-state index contributed by atoms with van der Waals surface area (Å²) in [5.74, 6) is 2.38. The number of hydrogen-bond acceptors (Lipinski definition) is 4. The van der Waals surface area contributed by atoms with Gasteiger partial charge in [0.25, 0.3) is 0 Å². The molecule has 82 valence electrons. The number of fused-ring (bicyclic) bond motifs is 1. The fourth-order valence-corrected chi connectivity index (χ4v) is 1.73. The van der Waals surface area contributed by atoms with E-state index in [2.05, 4.69) is 0 Å². The van der Waals surface area contributed by atoms with Gasteiger partial charge in [0.15, 0.2) is 11.5 Å². The molecule has 1 heterocycles. The molecule has 4 nitrogen and oxygen atoms in total. The van der Waals surface area contributed by atoms with Crippen LogP contribution in [0.5, 0.6) is 17.2 Å². The standard InChI is InChI=1S/C11H15NO3/c1-13-9-2-3-10-11(8(9)4-5-12)15-7-6-14-10/h2-3H,4-7,12H2,1H3. The van der Waals surface area contributed by atoms with Crippen molar-refractivity contribution in [3.05, 3.63) is 17.7 Å². The second-order valence-corrected chi connectivity index (χ2v) is 3.31. The maximum absolute atomic E-state index is 5.59. The smallest absolute Gasteiger partial charge is 0.168 e. The molecule has 0 aromatic heterocycles. The largest absolute Gasteiger partial charge is 0.496 e. The molecule has 4 heteroatoms. The molecule has 0 aliphatic carbocycles. The van der Waals surface area contributed by atoms with Crippen LogP contribution < -0.4 is 19.9 Å². The molecule has 0 spiro atoms. The number of ether oxygens (including phenoxy) is 3. The molecule has 1 aliphatic rings. The molecule has 0 saturated heterocycles. The van der Waals surface area contributed by atoms with Crippen LogP contribution in [0.15, 0.2) is 12.1 Å². The summed E-state index contributed by atoms with van der Waals surface area (Å²) in [6.45, 7) is 1.75. The lowest BCUT2D eigenvalue weighted by atomic mass is 10.1. The molecule has 0 radical (unpaired) electrons. The SMILES string of the molecule is COc1ccc2c(c1CCN)OCCO2. The fraction of sp³-hybridized carbons (Fsp3) is 0.455. The van der Waals surface area contributed by atoms with Gasteiger partial charge in [0.05, 0.1) is 7.11 Å². The number of rotatable bonds is 3. The Morgan fingerprint density at radius 2 is 2.13 bits per heavy atom. The van der Waals surface area contributed by atoms with E-state index in [4.69, 9.17) is 19.9 Å². The van der Waals surface area contributed by atoms with E-state index in [0.717, 1.165) is 29.2 Å². The first-order chi connectivity index (χ1) is 7.36. The van der Waals surface area contributed by atoms with Gasteiger partial charge in [0.2, 0.25) is 0 Å². The van der Waals surface area contributed by atoms with E-state index in [1.807, 2.05) is 12.1 Å². The highest BCUT2D eigenvalue weighted by molar-refractivity contribution is 5.54. The number of methoxy groups -OCH3 is 1. The summed E-state index contributed by atoms with van der Waals surface area (Å²) in [5.41, 5.74) is 6.56. The zero-order chi connectivity index (χ0) is 10.7. The van der Waals surface area contributed by atoms with Gasteiger partial charge in [-0.25, -0.2) is 0 Å². The molecule has 0 unspecified atom stereocenters. The minimum absolute atomic E-state index is 0.566. The predicted molar refractivity (Wildman–Crippen MR) is 56.7 cm³/mol. The van der Waals surface area contributed by atoms with Crippen molar-refractivity contribution in [2.75, 3.05) is 26.9 Å². The summed E-state index contributed by atoms with van der Waals surface area (Å²) in [7, 11) is 1.64. The molecular weight excluding hydrogens is 194 g/mol. The van der Waals surface area contributed by atoms with Gasteiger partial charge in [0.1, 0.15) is 19.0 Å². The number of benzene rings is 1. The van der Waals surface area contributed by atoms with E-state index in [1.54, 1.807) is 7.11 Å². The van der Waals surface area contributed by atoms with Crippen molar-refractivity contribution in [2.24, 2.45) is 5.73 Å². The zero-order valence-electron chi connectivity index (χ0n) is 8.79. The zero-order valence-corrected chi connectivity index (χ0v) is 8.79. The lowest BCUT2D eigenvalue weighted by Gasteiger charge is -2.22. The van der Waals surface area contributed by atoms with E-state index in [-0.39, 0.29) is 0 Å². The Kier molecular flexibility index (Phi) is 2.97. The summed E-state index contributed by atoms with van der Waals surface area (Å²) < 4.78 is 16.4. The summed E-state index contributed by atoms with van der Waals surface area (Å²) in [4.78, 5) is 0. The Morgan fingerprint density at radius 3 is 2.87 bits per heavy atom. The van der Waals surface area contributed by atoms with Crippen LogP contribution in [0.1, 0.15) is 5.56 Å². The Labute approximate surface area is 88.9 Å². The summed E-state index contributed by atoms with van der Waals surface area (Å²) in [5, 5.41) is 0. The van der Waals surface area contributed by atoms with E-state index in [0.29, 0.717) is 19.8 Å². The minimum atomic E-state index is 0.566. The third kappa shape index (κ3) is 1.85. The molecule has 0 saturated carbocycles. The maximum Gasteiger partial charge on any atom is 0.168 e. The van der Waals surface area contributed by atoms with Gasteiger partial charge in [-0.2, -0.15) is 0 Å². The third-order valence-electron chi connectivity index (χ3n) is 2.38. The van der Waals surface area contributed by atoms with Crippen LogP contribution in [-0.4, -0.2) is 26.9 Å². The highest BCUT2D eigenvalue weighted by Gasteiger charge is 2.19. The molecule has 1 aromatic carbocycles. The van der Waals surface area contributed by atoms with Gasteiger partial charge in [-0.1, -0.05) is 0 Å². The lowest BCUT2D eigenvalue weighted by molar-refractivity contribution is 0.169. The van der Waals surface area contributed by atoms with Gasteiger partial charge >= 0.3 is 0 Å². The predicted octanol–water partition coefficient (Wildman–Crippen LogP) is 0.968. The molecule has 0 atom stereocenters. The first-order valence-electron chi connectivity index (χ1n) is 5.02. The van der Waals surface area contributed by atoms with Crippen molar-refractivity contribution >= 4 is 0 Å². The van der Waals surface area contributed by atoms with Gasteiger partial charge in [-0.3, -0.25) is 0 Å². The van der Waals surface area contributed by atoms with Gasteiger partial charge in [0, 0.05) is 5.56 Å². The molecule has 15 heavy (non-hydrogen) atoms. The number of nitrogens with two attached hydrogens (primary N) is 1. The van der Waals surface area contributed by atoms with Crippen LogP contribution in [0, 0.1) is 0 Å². The average molecular weight is 209 g/mol. The van der Waals surface area contributed by atoms with E-state index >= 15 is 0 Å². The summed E-state index contributed by atoms with van der Waals surface area (Å²) in [6.07, 6.45) is 0.732. The van der Waals surface area contributed by atoms with Crippen LogP contribution in [0.3, 0.4) is 0 Å². The van der Waals surface area contributed by atoms with E-state index < -0.39 is 0 Å². The van der Waals surface area contributed by atoms with Crippen LogP contribution in [0.2, 0.25) is 0 Å². The fourth-order valence-electron chi connectivity index (χ4n) is 1.73. The summed E-state index contributed by atoms with van der Waals surface area (Å²) >= 11 is 0. The van der Waals surface area contributed by atoms with Crippen LogP contribution in [0.4, 0.5) is 0 Å². The monoisotopic (exact) mass is 209 g/mol. The Balaban J connectivity index is 2.44. The van der Waals surface area contributed by atoms with E-state index in [1.165, 1.54) is 0 Å². The maximum atomic E-state index is 5.59. The molecule has 2 rings (SSSR count). The van der Waals surface area contributed by atoms with Crippen LogP contribution >= 0.6 is 0 Å². The quantitative estimate of drug-likeness (QED) is 0.805. The molecule has 0 bridgehead atoms. The Bertz CT molecular complexity index is 352. The van der Waals surface area contributed by atoms with Crippen molar-refractivity contribution in [1.29, 1.82) is 0 Å². The Morgan fingerprint density at radius 1 is 1.33 bits per heavy atom. The first-order valence-corrected chi connectivity index (χ1v) is 5.02. The van der Waals surface area contributed by atoms with Crippen LogP contribution in [-0.2, 0) is 6.42 Å². The molecule has 0 amide bonds. The topological polar surface area (TPSA) is 53.7 Å². The van der Waals surface area contributed by atoms with E-state index in [9.17, 15) is 0 Å². The van der Waals surface area contributed by atoms with Crippen molar-refractivity contribution in [2.45, 2.75) is 6.42 Å². The molecular formula is C11H15NO3. The molecule has 2 N–H and O–H groups in total. The second kappa shape index (κ2) is 4.40. The van der Waals surface area contributed by atoms with Crippen molar-refractivity contribution in [3.63, 3.8) is 0 Å². The summed E-state index contributed by atoms with van der Waals surface area (Å²) in [6, 6.07) is 3.76. The highest BCUT2D eigenvalue weighted by Crippen LogP contribution is 2.39. The normalized spacial score (nSPS) is 13.7. The first kappa shape index (κ1) is 10.1. The third-order valence-corrected chi connectivity index (χ3v) is 2.38. The molecule has 1 aliphatic heterocycles. The average Bonchev–Trinajstić information content (AvgIpc) is 2.30. The molecule has 1 aromatic rings. The van der Waals surface area contributed by atoms with Crippen LogP contribution in [0.25, 0.3) is 0 Å². The van der Waals surface area contributed by atoms with Gasteiger partial charge in [-0.05, 0) is 25.1 Å². The minimum Gasteiger partial charge on any atom is -0.496 e. The molecule has 0 fully saturated rings.